The summed E-state index contributed by atoms with van der Waals surface area (Å²) < 4.78 is 18.6. The quantitative estimate of drug-likeness (QED) is 0.558. The van der Waals surface area contributed by atoms with E-state index in [1.54, 1.807) is 0 Å². The van der Waals surface area contributed by atoms with Crippen LogP contribution in [-0.4, -0.2) is 36.5 Å². The van der Waals surface area contributed by atoms with Gasteiger partial charge in [0.1, 0.15) is 11.5 Å². The Balaban J connectivity index is 1.92. The van der Waals surface area contributed by atoms with E-state index >= 15 is 0 Å². The lowest BCUT2D eigenvalue weighted by atomic mass is 10.0. The van der Waals surface area contributed by atoms with Gasteiger partial charge in [0.15, 0.2) is 0 Å². The molecule has 146 valence electrons. The highest BCUT2D eigenvalue weighted by Crippen LogP contribution is 2.30. The third-order valence-electron chi connectivity index (χ3n) is 4.50. The number of hydrogen-bond acceptors (Lipinski definition) is 4. The van der Waals surface area contributed by atoms with Crippen LogP contribution in [0.3, 0.4) is 0 Å². The summed E-state index contributed by atoms with van der Waals surface area (Å²) in [6.07, 6.45) is 0.555. The number of amides is 2. The molecule has 0 saturated carbocycles. The first-order chi connectivity index (χ1) is 13.5. The number of rotatable bonds is 8. The molecule has 28 heavy (non-hydrogen) atoms. The van der Waals surface area contributed by atoms with Crippen LogP contribution in [0.1, 0.15) is 24.5 Å². The number of anilines is 1. The average Bonchev–Trinajstić information content (AvgIpc) is 2.92. The maximum atomic E-state index is 13.3. The molecule has 0 aromatic heterocycles. The van der Waals surface area contributed by atoms with Gasteiger partial charge < -0.3 is 10.1 Å². The van der Waals surface area contributed by atoms with Crippen molar-refractivity contribution in [3.8, 4) is 0 Å². The third kappa shape index (κ3) is 4.28. The first kappa shape index (κ1) is 19.8. The van der Waals surface area contributed by atoms with Crippen LogP contribution in [0.4, 0.5) is 10.1 Å². The number of nitrogens with one attached hydrogen (secondary N) is 1. The summed E-state index contributed by atoms with van der Waals surface area (Å²) in [6, 6.07) is 13.1. The van der Waals surface area contributed by atoms with E-state index in [4.69, 9.17) is 4.74 Å². The molecule has 1 N–H and O–H groups in total. The van der Waals surface area contributed by atoms with Gasteiger partial charge in [0.25, 0.3) is 11.8 Å². The minimum absolute atomic E-state index is 0.205. The predicted molar refractivity (Wildman–Crippen MR) is 106 cm³/mol. The highest BCUT2D eigenvalue weighted by atomic mass is 19.1. The normalized spacial score (nSPS) is 14.2. The SMILES string of the molecule is CCOCCCN1C(=O)C(Nc2ccc(C)cc2)=C(c2ccc(F)cc2)C1=O. The molecule has 0 spiro atoms. The Morgan fingerprint density at radius 1 is 1.00 bits per heavy atom. The first-order valence-corrected chi connectivity index (χ1v) is 9.29. The van der Waals surface area contributed by atoms with Gasteiger partial charge in [0, 0.05) is 25.4 Å². The molecule has 0 unspecified atom stereocenters. The Labute approximate surface area is 163 Å². The van der Waals surface area contributed by atoms with Gasteiger partial charge in [-0.15, -0.1) is 0 Å². The van der Waals surface area contributed by atoms with Crippen molar-refractivity contribution in [2.75, 3.05) is 25.1 Å². The van der Waals surface area contributed by atoms with Gasteiger partial charge in [-0.25, -0.2) is 4.39 Å². The average molecular weight is 382 g/mol. The van der Waals surface area contributed by atoms with Gasteiger partial charge in [0.05, 0.1) is 5.57 Å². The number of hydrogen-bond donors (Lipinski definition) is 1. The van der Waals surface area contributed by atoms with Crippen LogP contribution >= 0.6 is 0 Å². The molecule has 6 heteroatoms. The molecule has 5 nitrogen and oxygen atoms in total. The van der Waals surface area contributed by atoms with Crippen LogP contribution in [0.15, 0.2) is 54.2 Å². The lowest BCUT2D eigenvalue weighted by molar-refractivity contribution is -0.137. The zero-order valence-corrected chi connectivity index (χ0v) is 16.0. The lowest BCUT2D eigenvalue weighted by Gasteiger charge is -2.15. The summed E-state index contributed by atoms with van der Waals surface area (Å²) in [5.74, 6) is -1.17. The number of imide groups is 1. The third-order valence-corrected chi connectivity index (χ3v) is 4.50. The number of nitrogens with zero attached hydrogens (tertiary/aromatic N) is 1. The zero-order valence-electron chi connectivity index (χ0n) is 16.0. The van der Waals surface area contributed by atoms with Crippen LogP contribution < -0.4 is 5.32 Å². The second-order valence-corrected chi connectivity index (χ2v) is 6.56. The minimum Gasteiger partial charge on any atom is -0.382 e. The van der Waals surface area contributed by atoms with Crippen molar-refractivity contribution in [3.63, 3.8) is 0 Å². The molecule has 1 heterocycles. The number of aryl methyl sites for hydroxylation is 1. The standard InChI is InChI=1S/C22H23FN2O3/c1-3-28-14-4-13-25-21(26)19(16-7-9-17(23)10-8-16)20(22(25)27)24-18-11-5-15(2)6-12-18/h5-12,24H,3-4,13-14H2,1-2H3. The van der Waals surface area contributed by atoms with Gasteiger partial charge in [-0.2, -0.15) is 0 Å². The first-order valence-electron chi connectivity index (χ1n) is 9.29. The van der Waals surface area contributed by atoms with Gasteiger partial charge in [-0.1, -0.05) is 29.8 Å². The van der Waals surface area contributed by atoms with E-state index in [9.17, 15) is 14.0 Å². The minimum atomic E-state index is -0.400. The van der Waals surface area contributed by atoms with Crippen LogP contribution in [-0.2, 0) is 14.3 Å². The van der Waals surface area contributed by atoms with Gasteiger partial charge in [-0.05, 0) is 50.1 Å². The molecule has 0 radical (unpaired) electrons. The summed E-state index contributed by atoms with van der Waals surface area (Å²) in [5.41, 5.74) is 2.75. The maximum Gasteiger partial charge on any atom is 0.278 e. The molecule has 2 amide bonds. The Hall–Kier alpha value is -2.99. The number of carbonyl (C=O) groups is 2. The molecule has 0 aliphatic carbocycles. The molecule has 0 saturated heterocycles. The van der Waals surface area contributed by atoms with Crippen molar-refractivity contribution < 1.29 is 18.7 Å². The van der Waals surface area contributed by atoms with E-state index in [1.807, 2.05) is 38.1 Å². The van der Waals surface area contributed by atoms with Crippen molar-refractivity contribution in [1.29, 1.82) is 0 Å². The number of halogens is 1. The molecule has 2 aromatic carbocycles. The predicted octanol–water partition coefficient (Wildman–Crippen LogP) is 3.75. The van der Waals surface area contributed by atoms with Crippen molar-refractivity contribution >= 4 is 23.1 Å². The van der Waals surface area contributed by atoms with Gasteiger partial charge >= 0.3 is 0 Å². The highest BCUT2D eigenvalue weighted by Gasteiger charge is 2.38. The Morgan fingerprint density at radius 3 is 2.32 bits per heavy atom. The second-order valence-electron chi connectivity index (χ2n) is 6.56. The Bertz CT molecular complexity index is 889. The van der Waals surface area contributed by atoms with Crippen LogP contribution in [0.25, 0.3) is 5.57 Å². The molecule has 0 bridgehead atoms. The molecule has 2 aromatic rings. The molecular formula is C22H23FN2O3. The summed E-state index contributed by atoms with van der Waals surface area (Å²) in [5, 5.41) is 3.09. The molecular weight excluding hydrogens is 359 g/mol. The van der Waals surface area contributed by atoms with E-state index in [2.05, 4.69) is 5.32 Å². The summed E-state index contributed by atoms with van der Waals surface area (Å²) >= 11 is 0. The largest absolute Gasteiger partial charge is 0.382 e. The number of carbonyl (C=O) groups excluding carboxylic acids is 2. The van der Waals surface area contributed by atoms with E-state index in [0.717, 1.165) is 5.56 Å². The summed E-state index contributed by atoms with van der Waals surface area (Å²) in [4.78, 5) is 27.2. The molecule has 3 rings (SSSR count). The van der Waals surface area contributed by atoms with Crippen LogP contribution in [0.5, 0.6) is 0 Å². The molecule has 0 fully saturated rings. The topological polar surface area (TPSA) is 58.6 Å². The fraction of sp³-hybridized carbons (Fsp3) is 0.273. The fourth-order valence-electron chi connectivity index (χ4n) is 3.03. The molecule has 0 atom stereocenters. The van der Waals surface area contributed by atoms with Crippen LogP contribution in [0.2, 0.25) is 0 Å². The van der Waals surface area contributed by atoms with Crippen molar-refractivity contribution in [2.24, 2.45) is 0 Å². The zero-order chi connectivity index (χ0) is 20.1. The van der Waals surface area contributed by atoms with Crippen molar-refractivity contribution in [3.05, 3.63) is 71.2 Å². The second kappa shape index (κ2) is 8.80. The number of ether oxygens (including phenoxy) is 1. The highest BCUT2D eigenvalue weighted by molar-refractivity contribution is 6.36. The van der Waals surface area contributed by atoms with Crippen molar-refractivity contribution in [1.82, 2.24) is 4.90 Å². The fourth-order valence-corrected chi connectivity index (χ4v) is 3.03. The maximum absolute atomic E-state index is 13.3. The molecule has 1 aliphatic heterocycles. The van der Waals surface area contributed by atoms with E-state index in [1.165, 1.54) is 29.2 Å². The van der Waals surface area contributed by atoms with E-state index < -0.39 is 5.82 Å². The Morgan fingerprint density at radius 2 is 1.68 bits per heavy atom. The van der Waals surface area contributed by atoms with E-state index in [0.29, 0.717) is 30.9 Å². The van der Waals surface area contributed by atoms with E-state index in [-0.39, 0.29) is 29.6 Å². The summed E-state index contributed by atoms with van der Waals surface area (Å²) in [7, 11) is 0. The van der Waals surface area contributed by atoms with Gasteiger partial charge in [-0.3, -0.25) is 14.5 Å². The van der Waals surface area contributed by atoms with Gasteiger partial charge in [0.2, 0.25) is 0 Å². The summed E-state index contributed by atoms with van der Waals surface area (Å²) in [6.45, 7) is 5.18. The lowest BCUT2D eigenvalue weighted by Crippen LogP contribution is -2.34. The number of benzene rings is 2. The smallest absolute Gasteiger partial charge is 0.278 e. The molecule has 1 aliphatic rings. The van der Waals surface area contributed by atoms with Crippen molar-refractivity contribution in [2.45, 2.75) is 20.3 Å². The Kier molecular flexibility index (Phi) is 6.21. The van der Waals surface area contributed by atoms with Crippen LogP contribution in [0, 0.1) is 12.7 Å². The monoisotopic (exact) mass is 382 g/mol.